The Hall–Kier alpha value is -2.30. The highest BCUT2D eigenvalue weighted by Crippen LogP contribution is 2.03. The summed E-state index contributed by atoms with van der Waals surface area (Å²) in [6, 6.07) is 12.4. The lowest BCUT2D eigenvalue weighted by molar-refractivity contribution is 0.657. The van der Waals surface area contributed by atoms with Crippen LogP contribution in [0.3, 0.4) is 0 Å². The van der Waals surface area contributed by atoms with Gasteiger partial charge < -0.3 is 10.6 Å². The lowest BCUT2D eigenvalue weighted by Crippen LogP contribution is -2.40. The smallest absolute Gasteiger partial charge is 0.191 e. The number of aliphatic imine (C=N–C) groups is 1. The van der Waals surface area contributed by atoms with Crippen LogP contribution in [0.25, 0.3) is 0 Å². The Morgan fingerprint density at radius 2 is 2.10 bits per heavy atom. The Bertz CT molecular complexity index is 573. The lowest BCUT2D eigenvalue weighted by Gasteiger charge is -2.15. The summed E-state index contributed by atoms with van der Waals surface area (Å²) in [6.07, 6.45) is 3.12. The molecule has 0 amide bonds. The molecular formula is C15H19N5. The molecule has 104 valence electrons. The summed E-state index contributed by atoms with van der Waals surface area (Å²) in [5.74, 6) is 0.883. The number of aromatic nitrogens is 2. The molecule has 0 saturated heterocycles. The first-order valence-corrected chi connectivity index (χ1v) is 6.98. The van der Waals surface area contributed by atoms with Crippen molar-refractivity contribution in [2.75, 3.05) is 13.1 Å². The number of guanidine groups is 1. The SMILES string of the molecule is c1ccc(Cn2ccc(CNC3=NCCCN3)n2)cc1. The van der Waals surface area contributed by atoms with Gasteiger partial charge in [-0.05, 0) is 18.1 Å². The van der Waals surface area contributed by atoms with Gasteiger partial charge in [0.1, 0.15) is 0 Å². The molecule has 5 nitrogen and oxygen atoms in total. The number of hydrogen-bond donors (Lipinski definition) is 2. The van der Waals surface area contributed by atoms with Crippen molar-refractivity contribution in [3.05, 3.63) is 53.9 Å². The summed E-state index contributed by atoms with van der Waals surface area (Å²) >= 11 is 0. The maximum Gasteiger partial charge on any atom is 0.191 e. The van der Waals surface area contributed by atoms with E-state index in [9.17, 15) is 0 Å². The van der Waals surface area contributed by atoms with Crippen LogP contribution < -0.4 is 10.6 Å². The van der Waals surface area contributed by atoms with E-state index in [0.29, 0.717) is 6.54 Å². The van der Waals surface area contributed by atoms with Crippen molar-refractivity contribution in [1.82, 2.24) is 20.4 Å². The third kappa shape index (κ3) is 3.38. The average molecular weight is 269 g/mol. The monoisotopic (exact) mass is 269 g/mol. The number of nitrogens with zero attached hydrogens (tertiary/aromatic N) is 3. The predicted molar refractivity (Wildman–Crippen MR) is 79.5 cm³/mol. The van der Waals surface area contributed by atoms with Gasteiger partial charge >= 0.3 is 0 Å². The highest BCUT2D eigenvalue weighted by atomic mass is 15.3. The molecule has 20 heavy (non-hydrogen) atoms. The quantitative estimate of drug-likeness (QED) is 0.881. The fraction of sp³-hybridized carbons (Fsp3) is 0.333. The van der Waals surface area contributed by atoms with Crippen LogP contribution in [-0.2, 0) is 13.1 Å². The van der Waals surface area contributed by atoms with Crippen LogP contribution >= 0.6 is 0 Å². The molecule has 0 fully saturated rings. The van der Waals surface area contributed by atoms with E-state index in [1.807, 2.05) is 35.1 Å². The molecule has 0 radical (unpaired) electrons. The van der Waals surface area contributed by atoms with Crippen LogP contribution in [-0.4, -0.2) is 28.8 Å². The Labute approximate surface area is 118 Å². The Morgan fingerprint density at radius 1 is 1.20 bits per heavy atom. The van der Waals surface area contributed by atoms with Gasteiger partial charge in [-0.25, -0.2) is 0 Å². The van der Waals surface area contributed by atoms with Gasteiger partial charge in [-0.1, -0.05) is 30.3 Å². The molecule has 0 spiro atoms. The van der Waals surface area contributed by atoms with Crippen molar-refractivity contribution in [2.45, 2.75) is 19.5 Å². The first-order valence-electron chi connectivity index (χ1n) is 6.98. The Morgan fingerprint density at radius 3 is 2.90 bits per heavy atom. The first kappa shape index (κ1) is 12.7. The number of nitrogens with one attached hydrogen (secondary N) is 2. The van der Waals surface area contributed by atoms with Gasteiger partial charge in [0.05, 0.1) is 18.8 Å². The molecule has 5 heteroatoms. The minimum Gasteiger partial charge on any atom is -0.356 e. The van der Waals surface area contributed by atoms with Crippen LogP contribution in [0.4, 0.5) is 0 Å². The highest BCUT2D eigenvalue weighted by Gasteiger charge is 2.04. The van der Waals surface area contributed by atoms with E-state index in [2.05, 4.69) is 32.9 Å². The zero-order chi connectivity index (χ0) is 13.6. The molecule has 2 N–H and O–H groups in total. The summed E-state index contributed by atoms with van der Waals surface area (Å²) in [5, 5.41) is 11.1. The first-order chi connectivity index (χ1) is 9.90. The molecule has 3 rings (SSSR count). The minimum atomic E-state index is 0.702. The molecule has 1 aliphatic rings. The molecule has 1 aliphatic heterocycles. The molecule has 2 heterocycles. The number of hydrogen-bond acceptors (Lipinski definition) is 4. The second-order valence-electron chi connectivity index (χ2n) is 4.85. The summed E-state index contributed by atoms with van der Waals surface area (Å²) in [4.78, 5) is 4.38. The van der Waals surface area contributed by atoms with Gasteiger partial charge in [-0.15, -0.1) is 0 Å². The van der Waals surface area contributed by atoms with Crippen molar-refractivity contribution in [2.24, 2.45) is 4.99 Å². The van der Waals surface area contributed by atoms with Crippen molar-refractivity contribution in [3.63, 3.8) is 0 Å². The van der Waals surface area contributed by atoms with Crippen LogP contribution in [0.5, 0.6) is 0 Å². The Balaban J connectivity index is 1.55. The van der Waals surface area contributed by atoms with Gasteiger partial charge in [-0.3, -0.25) is 9.67 Å². The molecule has 0 atom stereocenters. The number of benzene rings is 1. The highest BCUT2D eigenvalue weighted by molar-refractivity contribution is 5.80. The van der Waals surface area contributed by atoms with Crippen LogP contribution in [0, 0.1) is 0 Å². The minimum absolute atomic E-state index is 0.702. The standard InChI is InChI=1S/C15H19N5/c1-2-5-13(6-3-1)12-20-10-7-14(19-20)11-18-15-16-8-4-9-17-15/h1-3,5-7,10H,4,8-9,11-12H2,(H2,16,17,18). The Kier molecular flexibility index (Phi) is 3.96. The van der Waals surface area contributed by atoms with Gasteiger partial charge in [0.2, 0.25) is 0 Å². The summed E-state index contributed by atoms with van der Waals surface area (Å²) < 4.78 is 1.96. The second-order valence-corrected chi connectivity index (χ2v) is 4.85. The molecule has 0 unspecified atom stereocenters. The van der Waals surface area contributed by atoms with Crippen LogP contribution in [0.15, 0.2) is 47.6 Å². The van der Waals surface area contributed by atoms with Crippen molar-refractivity contribution in [1.29, 1.82) is 0 Å². The van der Waals surface area contributed by atoms with E-state index in [-0.39, 0.29) is 0 Å². The maximum absolute atomic E-state index is 4.56. The molecule has 2 aromatic rings. The molecule has 0 aliphatic carbocycles. The van der Waals surface area contributed by atoms with E-state index in [4.69, 9.17) is 0 Å². The third-order valence-corrected chi connectivity index (χ3v) is 3.22. The van der Waals surface area contributed by atoms with E-state index in [1.165, 1.54) is 5.56 Å². The average Bonchev–Trinajstić information content (AvgIpc) is 2.95. The zero-order valence-electron chi connectivity index (χ0n) is 11.4. The largest absolute Gasteiger partial charge is 0.356 e. The molecule has 0 saturated carbocycles. The van der Waals surface area contributed by atoms with Crippen molar-refractivity contribution in [3.8, 4) is 0 Å². The molecule has 0 bridgehead atoms. The van der Waals surface area contributed by atoms with Gasteiger partial charge in [-0.2, -0.15) is 5.10 Å². The van der Waals surface area contributed by atoms with E-state index in [0.717, 1.165) is 37.7 Å². The second kappa shape index (κ2) is 6.23. The lowest BCUT2D eigenvalue weighted by atomic mass is 10.2. The maximum atomic E-state index is 4.56. The predicted octanol–water partition coefficient (Wildman–Crippen LogP) is 1.37. The summed E-state index contributed by atoms with van der Waals surface area (Å²) in [5.41, 5.74) is 2.28. The van der Waals surface area contributed by atoms with E-state index >= 15 is 0 Å². The van der Waals surface area contributed by atoms with E-state index < -0.39 is 0 Å². The summed E-state index contributed by atoms with van der Waals surface area (Å²) in [7, 11) is 0. The molecule has 1 aromatic carbocycles. The van der Waals surface area contributed by atoms with Crippen molar-refractivity contribution >= 4 is 5.96 Å². The fourth-order valence-corrected chi connectivity index (χ4v) is 2.18. The summed E-state index contributed by atoms with van der Waals surface area (Å²) in [6.45, 7) is 3.40. The fourth-order valence-electron chi connectivity index (χ4n) is 2.18. The third-order valence-electron chi connectivity index (χ3n) is 3.22. The molecular weight excluding hydrogens is 250 g/mol. The zero-order valence-corrected chi connectivity index (χ0v) is 11.4. The van der Waals surface area contributed by atoms with E-state index in [1.54, 1.807) is 0 Å². The normalized spacial score (nSPS) is 14.5. The van der Waals surface area contributed by atoms with Crippen LogP contribution in [0.2, 0.25) is 0 Å². The van der Waals surface area contributed by atoms with Crippen LogP contribution in [0.1, 0.15) is 17.7 Å². The number of rotatable bonds is 4. The topological polar surface area (TPSA) is 54.2 Å². The van der Waals surface area contributed by atoms with Gasteiger partial charge in [0.15, 0.2) is 5.96 Å². The van der Waals surface area contributed by atoms with Gasteiger partial charge in [0, 0.05) is 19.3 Å². The van der Waals surface area contributed by atoms with Gasteiger partial charge in [0.25, 0.3) is 0 Å². The van der Waals surface area contributed by atoms with Crippen molar-refractivity contribution < 1.29 is 0 Å². The molecule has 1 aromatic heterocycles.